The van der Waals surface area contributed by atoms with Crippen LogP contribution in [0.15, 0.2) is 6.20 Å². The zero-order chi connectivity index (χ0) is 11.3. The summed E-state index contributed by atoms with van der Waals surface area (Å²) in [6.45, 7) is 6.41. The second-order valence-electron chi connectivity index (χ2n) is 3.99. The van der Waals surface area contributed by atoms with E-state index >= 15 is 0 Å². The lowest BCUT2D eigenvalue weighted by Crippen LogP contribution is -2.31. The van der Waals surface area contributed by atoms with Gasteiger partial charge in [0.25, 0.3) is 0 Å². The van der Waals surface area contributed by atoms with Crippen molar-refractivity contribution < 1.29 is 0 Å². The Balaban J connectivity index is 2.50. The highest BCUT2D eigenvalue weighted by atomic mass is 79.9. The summed E-state index contributed by atoms with van der Waals surface area (Å²) in [5.74, 6) is 0. The third-order valence-corrected chi connectivity index (χ3v) is 2.89. The van der Waals surface area contributed by atoms with Crippen molar-refractivity contribution in [3.63, 3.8) is 0 Å². The fourth-order valence-corrected chi connectivity index (χ4v) is 1.71. The van der Waals surface area contributed by atoms with Gasteiger partial charge in [-0.15, -0.1) is 5.10 Å². The Morgan fingerprint density at radius 1 is 1.53 bits per heavy atom. The average molecular weight is 275 g/mol. The first-order valence-corrected chi connectivity index (χ1v) is 6.41. The van der Waals surface area contributed by atoms with E-state index in [1.807, 2.05) is 13.2 Å². The van der Waals surface area contributed by atoms with Crippen LogP contribution in [0.3, 0.4) is 0 Å². The zero-order valence-corrected chi connectivity index (χ0v) is 11.2. The minimum absolute atomic E-state index is 0.547. The molecule has 0 atom stereocenters. The van der Waals surface area contributed by atoms with Gasteiger partial charge in [-0.25, -0.2) is 0 Å². The highest BCUT2D eigenvalue weighted by molar-refractivity contribution is 9.09. The Labute approximate surface area is 99.8 Å². The number of alkyl halides is 1. The molecule has 0 saturated heterocycles. The molecule has 0 aliphatic heterocycles. The molecule has 1 heterocycles. The topological polar surface area (TPSA) is 34.0 Å². The first-order valence-electron chi connectivity index (χ1n) is 5.28. The molecule has 0 radical (unpaired) electrons. The van der Waals surface area contributed by atoms with Gasteiger partial charge in [-0.1, -0.05) is 21.1 Å². The second-order valence-corrected chi connectivity index (χ2v) is 4.78. The Bertz CT molecular complexity index is 285. The summed E-state index contributed by atoms with van der Waals surface area (Å²) in [6, 6.07) is 0.547. The molecule has 1 rings (SSSR count). The smallest absolute Gasteiger partial charge is 0.0967 e. The zero-order valence-electron chi connectivity index (χ0n) is 9.65. The van der Waals surface area contributed by atoms with Crippen molar-refractivity contribution in [2.75, 3.05) is 11.9 Å². The summed E-state index contributed by atoms with van der Waals surface area (Å²) in [5, 5.41) is 9.10. The van der Waals surface area contributed by atoms with E-state index in [0.717, 1.165) is 24.1 Å². The molecule has 0 amide bonds. The van der Waals surface area contributed by atoms with Crippen LogP contribution < -0.4 is 0 Å². The van der Waals surface area contributed by atoms with E-state index in [2.05, 4.69) is 45.0 Å². The van der Waals surface area contributed by atoms with Crippen molar-refractivity contribution in [1.29, 1.82) is 0 Å². The minimum Gasteiger partial charge on any atom is -0.295 e. The van der Waals surface area contributed by atoms with Crippen LogP contribution in [0.25, 0.3) is 0 Å². The minimum atomic E-state index is 0.547. The predicted octanol–water partition coefficient (Wildman–Crippen LogP) is 1.81. The van der Waals surface area contributed by atoms with E-state index in [1.165, 1.54) is 6.42 Å². The van der Waals surface area contributed by atoms with E-state index in [-0.39, 0.29) is 0 Å². The van der Waals surface area contributed by atoms with Crippen LogP contribution in [-0.4, -0.2) is 37.8 Å². The quantitative estimate of drug-likeness (QED) is 0.742. The van der Waals surface area contributed by atoms with Crippen LogP contribution in [0.1, 0.15) is 26.0 Å². The van der Waals surface area contributed by atoms with Gasteiger partial charge in [0.05, 0.1) is 5.69 Å². The summed E-state index contributed by atoms with van der Waals surface area (Å²) >= 11 is 3.46. The molecule has 0 aliphatic rings. The number of rotatable bonds is 6. The first kappa shape index (κ1) is 12.6. The lowest BCUT2D eigenvalue weighted by atomic mass is 10.2. The van der Waals surface area contributed by atoms with Crippen molar-refractivity contribution in [2.45, 2.75) is 32.9 Å². The van der Waals surface area contributed by atoms with Crippen molar-refractivity contribution in [3.8, 4) is 0 Å². The van der Waals surface area contributed by atoms with E-state index in [1.54, 1.807) is 4.68 Å². The first-order chi connectivity index (χ1) is 7.13. The average Bonchev–Trinajstić information content (AvgIpc) is 2.58. The van der Waals surface area contributed by atoms with Gasteiger partial charge in [-0.2, -0.15) is 0 Å². The Hall–Kier alpha value is -0.420. The van der Waals surface area contributed by atoms with Gasteiger partial charge in [0, 0.05) is 31.2 Å². The normalized spacial score (nSPS) is 11.6. The lowest BCUT2D eigenvalue weighted by molar-refractivity contribution is 0.211. The number of halogens is 1. The van der Waals surface area contributed by atoms with Crippen molar-refractivity contribution in [1.82, 2.24) is 19.9 Å². The molecule has 0 N–H and O–H groups in total. The van der Waals surface area contributed by atoms with Crippen molar-refractivity contribution in [3.05, 3.63) is 11.9 Å². The number of hydrogen-bond acceptors (Lipinski definition) is 3. The van der Waals surface area contributed by atoms with Crippen LogP contribution >= 0.6 is 15.9 Å². The van der Waals surface area contributed by atoms with Crippen LogP contribution in [0.5, 0.6) is 0 Å². The molecular weight excluding hydrogens is 256 g/mol. The van der Waals surface area contributed by atoms with Gasteiger partial charge in [-0.05, 0) is 26.8 Å². The molecule has 1 aromatic rings. The molecular formula is C10H19BrN4. The highest BCUT2D eigenvalue weighted by Gasteiger charge is 2.11. The Morgan fingerprint density at radius 3 is 2.73 bits per heavy atom. The van der Waals surface area contributed by atoms with Crippen LogP contribution in [0.4, 0.5) is 0 Å². The molecule has 0 spiro atoms. The fourth-order valence-electron chi connectivity index (χ4n) is 1.46. The molecule has 15 heavy (non-hydrogen) atoms. The fraction of sp³-hybridized carbons (Fsp3) is 0.800. The third kappa shape index (κ3) is 4.30. The number of hydrogen-bond donors (Lipinski definition) is 0. The van der Waals surface area contributed by atoms with E-state index < -0.39 is 0 Å². The SMILES string of the molecule is CC(C)N(CCCBr)Cc1cn(C)nn1. The molecule has 0 fully saturated rings. The number of nitrogens with zero attached hydrogens (tertiary/aromatic N) is 4. The standard InChI is InChI=1S/C10H19BrN4/c1-9(2)15(6-4-5-11)8-10-7-14(3)13-12-10/h7,9H,4-6,8H2,1-3H3. The molecule has 5 heteroatoms. The van der Waals surface area contributed by atoms with Gasteiger partial charge in [0.2, 0.25) is 0 Å². The summed E-state index contributed by atoms with van der Waals surface area (Å²) in [6.07, 6.45) is 3.14. The maximum atomic E-state index is 4.11. The third-order valence-electron chi connectivity index (χ3n) is 2.32. The van der Waals surface area contributed by atoms with Gasteiger partial charge in [0.15, 0.2) is 0 Å². The van der Waals surface area contributed by atoms with E-state index in [4.69, 9.17) is 0 Å². The maximum absolute atomic E-state index is 4.11. The molecule has 0 aliphatic carbocycles. The molecule has 0 aromatic carbocycles. The van der Waals surface area contributed by atoms with E-state index in [0.29, 0.717) is 6.04 Å². The largest absolute Gasteiger partial charge is 0.295 e. The number of aryl methyl sites for hydroxylation is 1. The Morgan fingerprint density at radius 2 is 2.27 bits per heavy atom. The summed E-state index contributed by atoms with van der Waals surface area (Å²) in [4.78, 5) is 2.41. The predicted molar refractivity (Wildman–Crippen MR) is 65.0 cm³/mol. The monoisotopic (exact) mass is 274 g/mol. The number of aromatic nitrogens is 3. The van der Waals surface area contributed by atoms with Gasteiger partial charge in [0.1, 0.15) is 0 Å². The van der Waals surface area contributed by atoms with Gasteiger partial charge >= 0.3 is 0 Å². The molecule has 0 saturated carbocycles. The molecule has 4 nitrogen and oxygen atoms in total. The lowest BCUT2D eigenvalue weighted by Gasteiger charge is -2.24. The van der Waals surface area contributed by atoms with Crippen LogP contribution in [0.2, 0.25) is 0 Å². The molecule has 86 valence electrons. The summed E-state index contributed by atoms with van der Waals surface area (Å²) in [7, 11) is 1.90. The van der Waals surface area contributed by atoms with Crippen LogP contribution in [-0.2, 0) is 13.6 Å². The van der Waals surface area contributed by atoms with E-state index in [9.17, 15) is 0 Å². The van der Waals surface area contributed by atoms with Crippen molar-refractivity contribution >= 4 is 15.9 Å². The van der Waals surface area contributed by atoms with Gasteiger partial charge in [-0.3, -0.25) is 9.58 Å². The van der Waals surface area contributed by atoms with Crippen molar-refractivity contribution in [2.24, 2.45) is 7.05 Å². The second kappa shape index (κ2) is 6.23. The summed E-state index contributed by atoms with van der Waals surface area (Å²) in [5.41, 5.74) is 1.04. The maximum Gasteiger partial charge on any atom is 0.0967 e. The summed E-state index contributed by atoms with van der Waals surface area (Å²) < 4.78 is 1.75. The molecule has 1 aromatic heterocycles. The highest BCUT2D eigenvalue weighted by Crippen LogP contribution is 2.06. The molecule has 0 unspecified atom stereocenters. The van der Waals surface area contributed by atoms with Crippen LogP contribution in [0, 0.1) is 0 Å². The molecule has 0 bridgehead atoms. The van der Waals surface area contributed by atoms with Gasteiger partial charge < -0.3 is 0 Å². The Kier molecular flexibility index (Phi) is 5.25.